The Kier molecular flexibility index (Phi) is 19.2. The number of fused-ring (bicyclic) bond motifs is 5. The van der Waals surface area contributed by atoms with Gasteiger partial charge in [0.05, 0.1) is 78.2 Å². The van der Waals surface area contributed by atoms with E-state index in [-0.39, 0.29) is 48.4 Å². The molecule has 0 amide bonds. The number of carbonyl (C=O) groups is 2. The lowest BCUT2D eigenvalue weighted by Crippen LogP contribution is -2.71. The fraction of sp³-hybridized carbons (Fsp3) is 0.931. The van der Waals surface area contributed by atoms with Crippen LogP contribution in [0.15, 0.2) is 11.6 Å². The minimum atomic E-state index is -1.81. The topological polar surface area (TPSA) is 243 Å². The molecule has 8 fully saturated rings. The number of carbonyl (C=O) groups excluding carboxylic acids is 2. The Bertz CT molecular complexity index is 2120. The summed E-state index contributed by atoms with van der Waals surface area (Å²) in [7, 11) is 8.18. The number of aliphatic hydroxyl groups is 3. The molecule has 9 rings (SSSR count). The van der Waals surface area contributed by atoms with Crippen molar-refractivity contribution in [1.29, 1.82) is 0 Å². The summed E-state index contributed by atoms with van der Waals surface area (Å²) in [6.07, 6.45) is -3.03. The average molecular weight is 1130 g/mol. The summed E-state index contributed by atoms with van der Waals surface area (Å²) in [6, 6.07) is 0. The van der Waals surface area contributed by atoms with Gasteiger partial charge in [-0.3, -0.25) is 9.59 Å². The van der Waals surface area contributed by atoms with Crippen molar-refractivity contribution in [3.8, 4) is 0 Å². The third-order valence-electron chi connectivity index (χ3n) is 20.6. The standard InChI is InChI=1S/C58H94O21/c1-28-50(61)39(64-10)23-46(69-28)76-52-30(3)71-48(25-41(52)66-12)78-54-32(5)73-49(27-43(54)68-14)79-53-31(4)72-47(26-42(53)67-13)77-51-29(2)70-45(24-40(51)65-11)75-36-17-18-55(8)35(21-36)15-16-37-38(55)22-44(74-34(7)60)56(9)57(62,33(6)59)19-20-58(37,56)63/h15,28-32,36-54,61-63H,16-27H2,1-14H3. The zero-order valence-corrected chi connectivity index (χ0v) is 49.1. The summed E-state index contributed by atoms with van der Waals surface area (Å²) in [4.78, 5) is 25.6. The Hall–Kier alpha value is -1.84. The van der Waals surface area contributed by atoms with Crippen LogP contribution in [0.5, 0.6) is 0 Å². The first-order valence-corrected chi connectivity index (χ1v) is 29.1. The van der Waals surface area contributed by atoms with Gasteiger partial charge in [-0.25, -0.2) is 0 Å². The highest BCUT2D eigenvalue weighted by Gasteiger charge is 2.77. The Balaban J connectivity index is 0.760. The van der Waals surface area contributed by atoms with E-state index in [1.54, 1.807) is 49.4 Å². The lowest BCUT2D eigenvalue weighted by Gasteiger charge is -2.63. The summed E-state index contributed by atoms with van der Waals surface area (Å²) in [5.74, 6) is -1.18. The van der Waals surface area contributed by atoms with Gasteiger partial charge in [0.15, 0.2) is 37.2 Å². The highest BCUT2D eigenvalue weighted by molar-refractivity contribution is 5.87. The predicted octanol–water partition coefficient (Wildman–Crippen LogP) is 4.96. The molecule has 79 heavy (non-hydrogen) atoms. The molecule has 28 unspecified atom stereocenters. The van der Waals surface area contributed by atoms with E-state index in [0.29, 0.717) is 51.4 Å². The number of hydrogen-bond acceptors (Lipinski definition) is 21. The molecule has 9 aliphatic rings. The van der Waals surface area contributed by atoms with Crippen molar-refractivity contribution in [3.05, 3.63) is 11.6 Å². The molecule has 0 radical (unpaired) electrons. The number of allylic oxidation sites excluding steroid dienone is 1. The van der Waals surface area contributed by atoms with Gasteiger partial charge < -0.3 is 91.1 Å². The molecule has 5 saturated heterocycles. The van der Waals surface area contributed by atoms with Crippen LogP contribution in [0.1, 0.15) is 139 Å². The number of methoxy groups -OCH3 is 5. The molecule has 28 atom stereocenters. The van der Waals surface area contributed by atoms with Crippen LogP contribution in [0.25, 0.3) is 0 Å². The first-order valence-electron chi connectivity index (χ1n) is 29.1. The van der Waals surface area contributed by atoms with Crippen LogP contribution in [-0.2, 0) is 85.4 Å². The first-order chi connectivity index (χ1) is 37.4. The van der Waals surface area contributed by atoms with E-state index in [4.69, 9.17) is 75.8 Å². The Morgan fingerprint density at radius 2 is 0.949 bits per heavy atom. The number of ether oxygens (including phenoxy) is 16. The van der Waals surface area contributed by atoms with Gasteiger partial charge in [0.25, 0.3) is 0 Å². The minimum absolute atomic E-state index is 0.0400. The second kappa shape index (κ2) is 24.6. The Morgan fingerprint density at radius 1 is 0.544 bits per heavy atom. The number of rotatable bonds is 17. The van der Waals surface area contributed by atoms with Gasteiger partial charge in [-0.1, -0.05) is 25.5 Å². The van der Waals surface area contributed by atoms with Gasteiger partial charge in [0.2, 0.25) is 0 Å². The summed E-state index contributed by atoms with van der Waals surface area (Å²) in [5, 5.41) is 35.1. The minimum Gasteiger partial charge on any atom is -0.462 e. The van der Waals surface area contributed by atoms with Crippen LogP contribution in [0.3, 0.4) is 0 Å². The van der Waals surface area contributed by atoms with Crippen LogP contribution < -0.4 is 0 Å². The number of aliphatic hydroxyl groups excluding tert-OH is 1. The molecule has 0 bridgehead atoms. The number of esters is 1. The van der Waals surface area contributed by atoms with Crippen LogP contribution in [0.4, 0.5) is 0 Å². The molecule has 4 aliphatic carbocycles. The quantitative estimate of drug-likeness (QED) is 0.129. The molecule has 0 aromatic rings. The van der Waals surface area contributed by atoms with Gasteiger partial charge in [0.1, 0.15) is 42.2 Å². The molecule has 3 saturated carbocycles. The zero-order valence-electron chi connectivity index (χ0n) is 49.1. The third kappa shape index (κ3) is 11.6. The van der Waals surface area contributed by atoms with E-state index < -0.39 is 145 Å². The van der Waals surface area contributed by atoms with Crippen molar-refractivity contribution in [2.24, 2.45) is 22.7 Å². The van der Waals surface area contributed by atoms with Gasteiger partial charge in [-0.05, 0) is 104 Å². The van der Waals surface area contributed by atoms with E-state index in [9.17, 15) is 24.9 Å². The predicted molar refractivity (Wildman–Crippen MR) is 279 cm³/mol. The van der Waals surface area contributed by atoms with Crippen molar-refractivity contribution < 1.29 is 101 Å². The molecule has 0 aromatic heterocycles. The van der Waals surface area contributed by atoms with Crippen molar-refractivity contribution in [2.75, 3.05) is 35.5 Å². The molecular weight excluding hydrogens is 1030 g/mol. The molecule has 3 N–H and O–H groups in total. The maximum atomic E-state index is 13.1. The smallest absolute Gasteiger partial charge is 0.302 e. The fourth-order valence-corrected chi connectivity index (χ4v) is 15.9. The van der Waals surface area contributed by atoms with E-state index in [0.717, 1.165) is 12.8 Å². The molecule has 5 aliphatic heterocycles. The van der Waals surface area contributed by atoms with E-state index in [1.807, 2.05) is 27.7 Å². The Labute approximate surface area is 466 Å². The van der Waals surface area contributed by atoms with E-state index in [2.05, 4.69) is 13.0 Å². The van der Waals surface area contributed by atoms with Crippen molar-refractivity contribution in [1.82, 2.24) is 0 Å². The normalized spacial score (nSPS) is 51.1. The van der Waals surface area contributed by atoms with Gasteiger partial charge in [-0.15, -0.1) is 0 Å². The Morgan fingerprint density at radius 3 is 1.35 bits per heavy atom. The maximum absolute atomic E-state index is 13.1. The largest absolute Gasteiger partial charge is 0.462 e. The van der Waals surface area contributed by atoms with Gasteiger partial charge in [-0.2, -0.15) is 0 Å². The van der Waals surface area contributed by atoms with Crippen molar-refractivity contribution >= 4 is 11.8 Å². The van der Waals surface area contributed by atoms with Crippen molar-refractivity contribution in [2.45, 2.75) is 286 Å². The summed E-state index contributed by atoms with van der Waals surface area (Å²) in [6.45, 7) is 16.2. The number of Topliss-reactive ketones (excluding diaryl/α,β-unsaturated/α-hetero) is 1. The van der Waals surface area contributed by atoms with Crippen LogP contribution in [0.2, 0.25) is 0 Å². The highest BCUT2D eigenvalue weighted by Crippen LogP contribution is 2.69. The number of ketones is 1. The zero-order chi connectivity index (χ0) is 57.1. The highest BCUT2D eigenvalue weighted by atomic mass is 16.8. The van der Waals surface area contributed by atoms with Crippen LogP contribution >= 0.6 is 0 Å². The van der Waals surface area contributed by atoms with E-state index in [1.165, 1.54) is 19.4 Å². The van der Waals surface area contributed by atoms with Crippen molar-refractivity contribution in [3.63, 3.8) is 0 Å². The second-order valence-corrected chi connectivity index (χ2v) is 24.8. The average Bonchev–Trinajstić information content (AvgIpc) is 2.75. The first kappa shape index (κ1) is 61.7. The second-order valence-electron chi connectivity index (χ2n) is 24.8. The lowest BCUT2D eigenvalue weighted by molar-refractivity contribution is -0.352. The van der Waals surface area contributed by atoms with Crippen LogP contribution in [0, 0.1) is 22.7 Å². The molecule has 0 spiro atoms. The summed E-state index contributed by atoms with van der Waals surface area (Å²) >= 11 is 0. The fourth-order valence-electron chi connectivity index (χ4n) is 15.9. The van der Waals surface area contributed by atoms with Gasteiger partial charge >= 0.3 is 5.97 Å². The monoisotopic (exact) mass is 1130 g/mol. The molecular formula is C58H94O21. The summed E-state index contributed by atoms with van der Waals surface area (Å²) < 4.78 is 101. The molecule has 21 heteroatoms. The van der Waals surface area contributed by atoms with E-state index >= 15 is 0 Å². The van der Waals surface area contributed by atoms with Gasteiger partial charge in [0, 0.05) is 74.6 Å². The molecule has 452 valence electrons. The molecule has 5 heterocycles. The molecule has 0 aromatic carbocycles. The number of hydrogen-bond donors (Lipinski definition) is 3. The lowest BCUT2D eigenvalue weighted by atomic mass is 9.44. The molecule has 21 nitrogen and oxygen atoms in total. The van der Waals surface area contributed by atoms with Crippen LogP contribution in [-0.4, -0.2) is 209 Å². The third-order valence-corrected chi connectivity index (χ3v) is 20.6. The maximum Gasteiger partial charge on any atom is 0.302 e. The summed E-state index contributed by atoms with van der Waals surface area (Å²) in [5.41, 5.74) is -3.63. The SMILES string of the molecule is COC1CC(OC2C(C)OC(OC3C(C)OC(OC4C(C)OC(OC5C(C)OC(OC6CCC7(C)C(=CCC8C7CC(OC(C)=O)C7(C)C(O)(C(C)=O)CCC87O)C6)CC5OC)CC4OC)CC3OC)CC2OC)OC(C)C1O.